The highest BCUT2D eigenvalue weighted by atomic mass is 35.5. The van der Waals surface area contributed by atoms with Crippen molar-refractivity contribution in [2.75, 3.05) is 0 Å². The van der Waals surface area contributed by atoms with Crippen LogP contribution in [0.4, 0.5) is 0 Å². The molecule has 1 N–H and O–H groups in total. The van der Waals surface area contributed by atoms with Crippen molar-refractivity contribution in [3.8, 4) is 0 Å². The maximum atomic E-state index is 12.1. The maximum Gasteiger partial charge on any atom is 0.273 e. The van der Waals surface area contributed by atoms with Crippen LogP contribution < -0.4 is 5.32 Å². The van der Waals surface area contributed by atoms with Gasteiger partial charge in [-0.15, -0.1) is 0 Å². The first-order chi connectivity index (χ1) is 11.1. The van der Waals surface area contributed by atoms with Gasteiger partial charge in [-0.2, -0.15) is 10.2 Å². The molecule has 6 nitrogen and oxygen atoms in total. The van der Waals surface area contributed by atoms with Crippen molar-refractivity contribution in [2.24, 2.45) is 7.05 Å². The third-order valence-corrected chi connectivity index (χ3v) is 3.60. The molecular weight excluding hydrogens is 314 g/mol. The van der Waals surface area contributed by atoms with Crippen molar-refractivity contribution in [1.82, 2.24) is 24.9 Å². The molecule has 0 saturated carbocycles. The van der Waals surface area contributed by atoms with E-state index >= 15 is 0 Å². The lowest BCUT2D eigenvalue weighted by Crippen LogP contribution is -2.23. The number of aromatic nitrogens is 4. The fraction of sp³-hybridized carbons (Fsp3) is 0.188. The zero-order valence-corrected chi connectivity index (χ0v) is 13.4. The van der Waals surface area contributed by atoms with E-state index in [-0.39, 0.29) is 11.6 Å². The van der Waals surface area contributed by atoms with E-state index in [0.29, 0.717) is 18.1 Å². The van der Waals surface area contributed by atoms with E-state index in [1.165, 1.54) is 10.2 Å². The lowest BCUT2D eigenvalue weighted by Gasteiger charge is -2.02. The van der Waals surface area contributed by atoms with E-state index in [2.05, 4.69) is 15.5 Å². The first-order valence-electron chi connectivity index (χ1n) is 7.14. The van der Waals surface area contributed by atoms with Gasteiger partial charge in [-0.1, -0.05) is 41.9 Å². The summed E-state index contributed by atoms with van der Waals surface area (Å²) in [5.74, 6) is -0.300. The Balaban J connectivity index is 1.59. The van der Waals surface area contributed by atoms with Crippen LogP contribution in [-0.2, 0) is 20.1 Å². The summed E-state index contributed by atoms with van der Waals surface area (Å²) in [6.07, 6.45) is 5.24. The fourth-order valence-corrected chi connectivity index (χ4v) is 2.50. The molecule has 0 saturated heterocycles. The molecule has 0 aliphatic heterocycles. The highest BCUT2D eigenvalue weighted by molar-refractivity contribution is 6.33. The third-order valence-electron chi connectivity index (χ3n) is 3.33. The molecule has 3 aromatic rings. The normalized spacial score (nSPS) is 10.7. The Labute approximate surface area is 138 Å². The van der Waals surface area contributed by atoms with E-state index < -0.39 is 0 Å². The van der Waals surface area contributed by atoms with Gasteiger partial charge in [-0.3, -0.25) is 14.2 Å². The Morgan fingerprint density at radius 3 is 2.70 bits per heavy atom. The summed E-state index contributed by atoms with van der Waals surface area (Å²) in [5.41, 5.74) is 2.32. The molecule has 0 unspecified atom stereocenters. The number of benzene rings is 1. The predicted octanol–water partition coefficient (Wildman–Crippen LogP) is 2.25. The second kappa shape index (κ2) is 6.66. The predicted molar refractivity (Wildman–Crippen MR) is 87.2 cm³/mol. The minimum atomic E-state index is -0.300. The molecule has 23 heavy (non-hydrogen) atoms. The van der Waals surface area contributed by atoms with Crippen molar-refractivity contribution < 1.29 is 4.79 Å². The number of aryl methyl sites for hydroxylation is 1. The van der Waals surface area contributed by atoms with E-state index in [0.717, 1.165) is 5.56 Å². The topological polar surface area (TPSA) is 64.7 Å². The number of nitrogens with one attached hydrogen (secondary N) is 1. The van der Waals surface area contributed by atoms with Crippen LogP contribution in [0.5, 0.6) is 0 Å². The van der Waals surface area contributed by atoms with E-state index in [4.69, 9.17) is 11.6 Å². The van der Waals surface area contributed by atoms with E-state index in [9.17, 15) is 4.79 Å². The second-order valence-electron chi connectivity index (χ2n) is 5.21. The molecule has 0 radical (unpaired) electrons. The smallest absolute Gasteiger partial charge is 0.273 e. The summed E-state index contributed by atoms with van der Waals surface area (Å²) in [6, 6.07) is 10.1. The Hall–Kier alpha value is -2.60. The quantitative estimate of drug-likeness (QED) is 0.780. The molecule has 7 heteroatoms. The van der Waals surface area contributed by atoms with Crippen LogP contribution in [0.15, 0.2) is 48.9 Å². The van der Waals surface area contributed by atoms with Crippen LogP contribution in [0.25, 0.3) is 0 Å². The van der Waals surface area contributed by atoms with Crippen LogP contribution >= 0.6 is 11.6 Å². The zero-order valence-electron chi connectivity index (χ0n) is 12.6. The summed E-state index contributed by atoms with van der Waals surface area (Å²) in [5, 5.41) is 11.5. The second-order valence-corrected chi connectivity index (χ2v) is 5.62. The summed E-state index contributed by atoms with van der Waals surface area (Å²) >= 11 is 5.96. The molecule has 0 spiro atoms. The summed E-state index contributed by atoms with van der Waals surface area (Å²) < 4.78 is 3.35. The molecule has 0 aliphatic carbocycles. The molecule has 0 fully saturated rings. The molecular formula is C16H16ClN5O. The van der Waals surface area contributed by atoms with Gasteiger partial charge < -0.3 is 5.32 Å². The molecule has 3 rings (SSSR count). The van der Waals surface area contributed by atoms with Gasteiger partial charge in [0.2, 0.25) is 0 Å². The first-order valence-corrected chi connectivity index (χ1v) is 7.52. The molecule has 118 valence electrons. The fourth-order valence-electron chi connectivity index (χ4n) is 2.23. The van der Waals surface area contributed by atoms with Gasteiger partial charge in [0.05, 0.1) is 17.8 Å². The number of hydrogen-bond acceptors (Lipinski definition) is 3. The molecule has 0 atom stereocenters. The van der Waals surface area contributed by atoms with Crippen LogP contribution in [-0.4, -0.2) is 25.5 Å². The lowest BCUT2D eigenvalue weighted by atomic mass is 10.2. The molecule has 1 aromatic carbocycles. The summed E-state index contributed by atoms with van der Waals surface area (Å²) in [6.45, 7) is 1.07. The van der Waals surface area contributed by atoms with Gasteiger partial charge in [0.15, 0.2) is 5.69 Å². The number of carbonyl (C=O) groups excluding carboxylic acids is 1. The molecule has 0 bridgehead atoms. The average molecular weight is 330 g/mol. The van der Waals surface area contributed by atoms with Crippen LogP contribution in [0.2, 0.25) is 5.02 Å². The average Bonchev–Trinajstić information content (AvgIpc) is 3.12. The highest BCUT2D eigenvalue weighted by Crippen LogP contribution is 2.13. The number of rotatable bonds is 5. The Morgan fingerprint density at radius 2 is 2.00 bits per heavy atom. The van der Waals surface area contributed by atoms with Crippen molar-refractivity contribution in [3.63, 3.8) is 0 Å². The van der Waals surface area contributed by atoms with E-state index in [1.807, 2.05) is 41.2 Å². The highest BCUT2D eigenvalue weighted by Gasteiger charge is 2.14. The number of nitrogens with zero attached hydrogens (tertiary/aromatic N) is 4. The lowest BCUT2D eigenvalue weighted by molar-refractivity contribution is 0.0945. The van der Waals surface area contributed by atoms with E-state index in [1.54, 1.807) is 19.4 Å². The Kier molecular flexibility index (Phi) is 4.43. The van der Waals surface area contributed by atoms with Gasteiger partial charge in [-0.05, 0) is 5.56 Å². The van der Waals surface area contributed by atoms with Gasteiger partial charge in [0.25, 0.3) is 5.91 Å². The van der Waals surface area contributed by atoms with Gasteiger partial charge >= 0.3 is 0 Å². The SMILES string of the molecule is Cn1cc(Cl)c(C(=O)NCc2cnn(Cc3ccccc3)c2)n1. The molecule has 0 aliphatic rings. The van der Waals surface area contributed by atoms with Crippen LogP contribution in [0, 0.1) is 0 Å². The minimum Gasteiger partial charge on any atom is -0.346 e. The molecule has 1 amide bonds. The minimum absolute atomic E-state index is 0.228. The standard InChI is InChI=1S/C16H16ClN5O/c1-21-11-14(17)15(20-21)16(23)18-7-13-8-19-22(10-13)9-12-5-3-2-4-6-12/h2-6,8,10-11H,7,9H2,1H3,(H,18,23). The largest absolute Gasteiger partial charge is 0.346 e. The van der Waals surface area contributed by atoms with Crippen molar-refractivity contribution in [1.29, 1.82) is 0 Å². The summed E-state index contributed by atoms with van der Waals surface area (Å²) in [4.78, 5) is 12.1. The van der Waals surface area contributed by atoms with Crippen molar-refractivity contribution in [2.45, 2.75) is 13.1 Å². The number of amides is 1. The van der Waals surface area contributed by atoms with Gasteiger partial charge in [0.1, 0.15) is 0 Å². The third kappa shape index (κ3) is 3.78. The zero-order chi connectivity index (χ0) is 16.2. The Bertz CT molecular complexity index is 809. The van der Waals surface area contributed by atoms with Gasteiger partial charge in [-0.25, -0.2) is 0 Å². The monoisotopic (exact) mass is 329 g/mol. The number of carbonyl (C=O) groups is 1. The number of hydrogen-bond donors (Lipinski definition) is 1. The van der Waals surface area contributed by atoms with Crippen molar-refractivity contribution >= 4 is 17.5 Å². The molecule has 2 heterocycles. The number of halogens is 1. The van der Waals surface area contributed by atoms with Crippen LogP contribution in [0.1, 0.15) is 21.6 Å². The first kappa shape index (κ1) is 15.3. The maximum absolute atomic E-state index is 12.1. The Morgan fingerprint density at radius 1 is 1.22 bits per heavy atom. The molecule has 2 aromatic heterocycles. The van der Waals surface area contributed by atoms with Crippen LogP contribution in [0.3, 0.4) is 0 Å². The van der Waals surface area contributed by atoms with Crippen molar-refractivity contribution in [3.05, 3.63) is 70.8 Å². The van der Waals surface area contributed by atoms with Gasteiger partial charge in [0, 0.05) is 31.5 Å². The summed E-state index contributed by atoms with van der Waals surface area (Å²) in [7, 11) is 1.72.